The van der Waals surface area contributed by atoms with E-state index >= 15 is 0 Å². The molecule has 0 radical (unpaired) electrons. The fourth-order valence-electron chi connectivity index (χ4n) is 2.20. The molecule has 1 aliphatic heterocycles. The quantitative estimate of drug-likeness (QED) is 0.739. The van der Waals surface area contributed by atoms with Gasteiger partial charge in [-0.2, -0.15) is 0 Å². The molecule has 2 atom stereocenters. The molecule has 0 aromatic heterocycles. The molecule has 1 N–H and O–H groups in total. The summed E-state index contributed by atoms with van der Waals surface area (Å²) in [6.45, 7) is 5.70. The lowest BCUT2D eigenvalue weighted by Gasteiger charge is -2.39. The van der Waals surface area contributed by atoms with Crippen molar-refractivity contribution in [3.8, 4) is 0 Å². The van der Waals surface area contributed by atoms with Crippen LogP contribution in [0, 0.1) is 0 Å². The fourth-order valence-corrected chi connectivity index (χ4v) is 2.20. The van der Waals surface area contributed by atoms with Crippen LogP contribution < -0.4 is 5.32 Å². The smallest absolute Gasteiger partial charge is 0.242 e. The van der Waals surface area contributed by atoms with Gasteiger partial charge in [0.05, 0.1) is 6.54 Å². The number of carbonyl (C=O) groups is 2. The summed E-state index contributed by atoms with van der Waals surface area (Å²) in [5, 5.41) is 2.55. The zero-order valence-corrected chi connectivity index (χ0v) is 9.75. The van der Waals surface area contributed by atoms with Crippen LogP contribution in [0.1, 0.15) is 40.0 Å². The molecule has 1 saturated heterocycles. The van der Waals surface area contributed by atoms with Gasteiger partial charge in [-0.05, 0) is 33.1 Å². The van der Waals surface area contributed by atoms with Crippen molar-refractivity contribution in [2.75, 3.05) is 6.54 Å². The van der Waals surface area contributed by atoms with E-state index in [-0.39, 0.29) is 18.4 Å². The van der Waals surface area contributed by atoms with Crippen molar-refractivity contribution in [1.29, 1.82) is 0 Å². The maximum atomic E-state index is 11.8. The third-order valence-corrected chi connectivity index (χ3v) is 2.97. The Morgan fingerprint density at radius 2 is 1.80 bits per heavy atom. The van der Waals surface area contributed by atoms with Gasteiger partial charge in [0.15, 0.2) is 0 Å². The first kappa shape index (κ1) is 12.0. The minimum Gasteiger partial charge on any atom is -0.347 e. The van der Waals surface area contributed by atoms with Crippen LogP contribution in [0.15, 0.2) is 0 Å². The number of nitrogens with zero attached hydrogens (tertiary/aromatic N) is 1. The fraction of sp³-hybridized carbons (Fsp3) is 0.818. The van der Waals surface area contributed by atoms with Gasteiger partial charge in [0.1, 0.15) is 0 Å². The third-order valence-electron chi connectivity index (χ3n) is 2.97. The van der Waals surface area contributed by atoms with Crippen molar-refractivity contribution < 1.29 is 9.59 Å². The molecule has 0 saturated carbocycles. The highest BCUT2D eigenvalue weighted by Gasteiger charge is 2.28. The molecule has 0 aromatic carbocycles. The molecular weight excluding hydrogens is 192 g/mol. The van der Waals surface area contributed by atoms with E-state index in [1.807, 2.05) is 4.90 Å². The van der Waals surface area contributed by atoms with Crippen molar-refractivity contribution in [3.63, 3.8) is 0 Å². The molecule has 15 heavy (non-hydrogen) atoms. The summed E-state index contributed by atoms with van der Waals surface area (Å²) in [6.07, 6.45) is 3.32. The molecular formula is C11H20N2O2. The molecule has 0 aromatic rings. The number of piperidine rings is 1. The first-order chi connectivity index (χ1) is 7.02. The van der Waals surface area contributed by atoms with Crippen LogP contribution in [-0.2, 0) is 9.59 Å². The van der Waals surface area contributed by atoms with Crippen molar-refractivity contribution >= 4 is 11.8 Å². The Balaban J connectivity index is 2.51. The van der Waals surface area contributed by atoms with Gasteiger partial charge in [-0.3, -0.25) is 9.59 Å². The largest absolute Gasteiger partial charge is 0.347 e. The molecule has 4 heteroatoms. The van der Waals surface area contributed by atoms with Gasteiger partial charge in [0.2, 0.25) is 11.8 Å². The van der Waals surface area contributed by atoms with E-state index in [9.17, 15) is 9.59 Å². The summed E-state index contributed by atoms with van der Waals surface area (Å²) in [5.74, 6) is -0.120. The molecule has 0 aliphatic carbocycles. The van der Waals surface area contributed by atoms with Gasteiger partial charge in [-0.25, -0.2) is 0 Å². The van der Waals surface area contributed by atoms with E-state index < -0.39 is 0 Å². The Bertz CT molecular complexity index is 243. The zero-order chi connectivity index (χ0) is 11.4. The minimum absolute atomic E-state index is 0.0323. The van der Waals surface area contributed by atoms with Crippen LogP contribution >= 0.6 is 0 Å². The molecule has 1 rings (SSSR count). The Morgan fingerprint density at radius 1 is 1.27 bits per heavy atom. The van der Waals surface area contributed by atoms with Gasteiger partial charge in [-0.1, -0.05) is 0 Å². The monoisotopic (exact) mass is 212 g/mol. The normalized spacial score (nSPS) is 26.2. The van der Waals surface area contributed by atoms with E-state index in [0.717, 1.165) is 12.8 Å². The number of carbonyl (C=O) groups excluding carboxylic acids is 2. The zero-order valence-electron chi connectivity index (χ0n) is 9.75. The summed E-state index contributed by atoms with van der Waals surface area (Å²) in [5.41, 5.74) is 0. The number of rotatable bonds is 2. The summed E-state index contributed by atoms with van der Waals surface area (Å²) >= 11 is 0. The minimum atomic E-state index is -0.152. The Labute approximate surface area is 91.0 Å². The molecule has 0 bridgehead atoms. The van der Waals surface area contributed by atoms with Crippen molar-refractivity contribution in [2.24, 2.45) is 0 Å². The molecule has 86 valence electrons. The van der Waals surface area contributed by atoms with Gasteiger partial charge < -0.3 is 10.2 Å². The number of amides is 2. The van der Waals surface area contributed by atoms with Gasteiger partial charge in [0.25, 0.3) is 0 Å². The SMILES string of the molecule is CC(=O)NCC(=O)N1C(C)CCCC1C. The number of likely N-dealkylation sites (tertiary alicyclic amines) is 1. The highest BCUT2D eigenvalue weighted by molar-refractivity contribution is 5.84. The standard InChI is InChI=1S/C11H20N2O2/c1-8-5-4-6-9(2)13(8)11(15)7-12-10(3)14/h8-9H,4-7H2,1-3H3,(H,12,14). The average molecular weight is 212 g/mol. The van der Waals surface area contributed by atoms with Crippen LogP contribution in [0.25, 0.3) is 0 Å². The van der Waals surface area contributed by atoms with Crippen molar-refractivity contribution in [3.05, 3.63) is 0 Å². The molecule has 1 heterocycles. The molecule has 1 aliphatic rings. The van der Waals surface area contributed by atoms with E-state index in [4.69, 9.17) is 0 Å². The lowest BCUT2D eigenvalue weighted by Crippen LogP contribution is -2.50. The summed E-state index contributed by atoms with van der Waals surface area (Å²) in [4.78, 5) is 24.4. The van der Waals surface area contributed by atoms with Gasteiger partial charge in [0, 0.05) is 19.0 Å². The Hall–Kier alpha value is -1.06. The van der Waals surface area contributed by atoms with Crippen LogP contribution in [0.3, 0.4) is 0 Å². The molecule has 2 amide bonds. The van der Waals surface area contributed by atoms with E-state index in [1.54, 1.807) is 0 Å². The average Bonchev–Trinajstić information content (AvgIpc) is 2.14. The molecule has 1 fully saturated rings. The maximum Gasteiger partial charge on any atom is 0.242 e. The van der Waals surface area contributed by atoms with Crippen LogP contribution in [0.5, 0.6) is 0 Å². The van der Waals surface area contributed by atoms with Gasteiger partial charge >= 0.3 is 0 Å². The highest BCUT2D eigenvalue weighted by atomic mass is 16.2. The predicted molar refractivity (Wildman–Crippen MR) is 58.3 cm³/mol. The Morgan fingerprint density at radius 3 is 2.27 bits per heavy atom. The first-order valence-corrected chi connectivity index (χ1v) is 5.58. The topological polar surface area (TPSA) is 49.4 Å². The second-order valence-electron chi connectivity index (χ2n) is 4.34. The summed E-state index contributed by atoms with van der Waals surface area (Å²) in [7, 11) is 0. The number of hydrogen-bond acceptors (Lipinski definition) is 2. The maximum absolute atomic E-state index is 11.8. The molecule has 0 spiro atoms. The highest BCUT2D eigenvalue weighted by Crippen LogP contribution is 2.22. The lowest BCUT2D eigenvalue weighted by atomic mass is 9.97. The second-order valence-corrected chi connectivity index (χ2v) is 4.34. The van der Waals surface area contributed by atoms with Crippen LogP contribution in [-0.4, -0.2) is 35.3 Å². The third kappa shape index (κ3) is 3.22. The summed E-state index contributed by atoms with van der Waals surface area (Å²) in [6, 6.07) is 0.602. The number of nitrogens with one attached hydrogen (secondary N) is 1. The van der Waals surface area contributed by atoms with Gasteiger partial charge in [-0.15, -0.1) is 0 Å². The van der Waals surface area contributed by atoms with E-state index in [1.165, 1.54) is 13.3 Å². The van der Waals surface area contributed by atoms with Crippen molar-refractivity contribution in [2.45, 2.75) is 52.1 Å². The number of hydrogen-bond donors (Lipinski definition) is 1. The van der Waals surface area contributed by atoms with Crippen LogP contribution in [0.2, 0.25) is 0 Å². The Kier molecular flexibility index (Phi) is 4.12. The first-order valence-electron chi connectivity index (χ1n) is 5.58. The lowest BCUT2D eigenvalue weighted by molar-refractivity contribution is -0.137. The van der Waals surface area contributed by atoms with Crippen LogP contribution in [0.4, 0.5) is 0 Å². The predicted octanol–water partition coefficient (Wildman–Crippen LogP) is 0.912. The van der Waals surface area contributed by atoms with Crippen molar-refractivity contribution in [1.82, 2.24) is 10.2 Å². The molecule has 2 unspecified atom stereocenters. The molecule has 4 nitrogen and oxygen atoms in total. The second kappa shape index (κ2) is 5.14. The summed E-state index contributed by atoms with van der Waals surface area (Å²) < 4.78 is 0. The van der Waals surface area contributed by atoms with E-state index in [2.05, 4.69) is 19.2 Å². The van der Waals surface area contributed by atoms with E-state index in [0.29, 0.717) is 12.1 Å².